The molecule has 1 aromatic carbocycles. The van der Waals surface area contributed by atoms with E-state index in [0.29, 0.717) is 18.9 Å². The van der Waals surface area contributed by atoms with E-state index in [0.717, 1.165) is 22.8 Å². The zero-order chi connectivity index (χ0) is 17.2. The number of amides is 1. The normalized spacial score (nSPS) is 14.2. The smallest absolute Gasteiger partial charge is 0.232 e. The Hall–Kier alpha value is -3.22. The van der Waals surface area contributed by atoms with Gasteiger partial charge in [-0.2, -0.15) is 5.10 Å². The minimum absolute atomic E-state index is 0.0138. The fraction of sp³-hybridized carbons (Fsp3) is 0.222. The van der Waals surface area contributed by atoms with Crippen LogP contribution in [0.4, 0.5) is 11.6 Å². The molecule has 0 aliphatic carbocycles. The first-order valence-corrected chi connectivity index (χ1v) is 8.14. The van der Waals surface area contributed by atoms with Crippen LogP contribution in [-0.2, 0) is 4.79 Å². The molecule has 0 atom stereocenters. The second-order valence-corrected chi connectivity index (χ2v) is 6.15. The first kappa shape index (κ1) is 15.3. The van der Waals surface area contributed by atoms with Crippen LogP contribution in [0.5, 0.6) is 0 Å². The maximum Gasteiger partial charge on any atom is 0.232 e. The number of aryl methyl sites for hydroxylation is 1. The van der Waals surface area contributed by atoms with E-state index in [2.05, 4.69) is 30.4 Å². The van der Waals surface area contributed by atoms with E-state index in [4.69, 9.17) is 0 Å². The molecule has 2 N–H and O–H groups in total. The van der Waals surface area contributed by atoms with Crippen molar-refractivity contribution in [2.45, 2.75) is 6.92 Å². The van der Waals surface area contributed by atoms with Crippen molar-refractivity contribution in [1.82, 2.24) is 20.2 Å². The maximum atomic E-state index is 12.2. The van der Waals surface area contributed by atoms with Gasteiger partial charge in [0, 0.05) is 36.5 Å². The Morgan fingerprint density at radius 3 is 2.72 bits per heavy atom. The van der Waals surface area contributed by atoms with Crippen molar-refractivity contribution in [3.8, 4) is 11.3 Å². The number of anilines is 2. The monoisotopic (exact) mass is 334 g/mol. The molecule has 0 saturated carbocycles. The van der Waals surface area contributed by atoms with Gasteiger partial charge in [0.05, 0.1) is 11.6 Å². The van der Waals surface area contributed by atoms with E-state index in [1.54, 1.807) is 6.33 Å². The second-order valence-electron chi connectivity index (χ2n) is 6.15. The Balaban J connectivity index is 1.40. The van der Waals surface area contributed by atoms with Crippen molar-refractivity contribution in [1.29, 1.82) is 0 Å². The van der Waals surface area contributed by atoms with Gasteiger partial charge in [-0.25, -0.2) is 9.97 Å². The number of aromatic nitrogens is 4. The van der Waals surface area contributed by atoms with Gasteiger partial charge in [0.25, 0.3) is 0 Å². The molecular formula is C18H18N6O. The summed E-state index contributed by atoms with van der Waals surface area (Å²) in [4.78, 5) is 23.0. The topological polar surface area (TPSA) is 86.8 Å². The van der Waals surface area contributed by atoms with Crippen molar-refractivity contribution in [3.63, 3.8) is 0 Å². The molecule has 7 heteroatoms. The molecule has 126 valence electrons. The Morgan fingerprint density at radius 1 is 1.20 bits per heavy atom. The predicted octanol–water partition coefficient (Wildman–Crippen LogP) is 2.25. The molecule has 0 spiro atoms. The number of hydrogen-bond donors (Lipinski definition) is 2. The zero-order valence-electron chi connectivity index (χ0n) is 13.8. The summed E-state index contributed by atoms with van der Waals surface area (Å²) in [6.45, 7) is 3.17. The van der Waals surface area contributed by atoms with Crippen LogP contribution in [-0.4, -0.2) is 39.2 Å². The van der Waals surface area contributed by atoms with E-state index < -0.39 is 0 Å². The number of carbonyl (C=O) groups is 1. The van der Waals surface area contributed by atoms with Gasteiger partial charge >= 0.3 is 0 Å². The first-order chi connectivity index (χ1) is 12.2. The van der Waals surface area contributed by atoms with Gasteiger partial charge < -0.3 is 10.2 Å². The number of nitrogens with one attached hydrogen (secondary N) is 2. The fourth-order valence-electron chi connectivity index (χ4n) is 2.83. The SMILES string of the molecule is Cc1cc(NC(=O)C2CN(c3cc(-c4ccccc4)ncn3)C2)n[nH]1. The number of rotatable bonds is 4. The molecule has 0 unspecified atom stereocenters. The van der Waals surface area contributed by atoms with Crippen molar-refractivity contribution < 1.29 is 4.79 Å². The summed E-state index contributed by atoms with van der Waals surface area (Å²) in [5, 5.41) is 9.67. The number of aromatic amines is 1. The van der Waals surface area contributed by atoms with Gasteiger partial charge in [0.15, 0.2) is 5.82 Å². The lowest BCUT2D eigenvalue weighted by Gasteiger charge is -2.38. The van der Waals surface area contributed by atoms with Crippen LogP contribution in [0.3, 0.4) is 0 Å². The van der Waals surface area contributed by atoms with Crippen LogP contribution in [0.15, 0.2) is 48.8 Å². The lowest BCUT2D eigenvalue weighted by Crippen LogP contribution is -2.52. The molecule has 1 aliphatic rings. The Kier molecular flexibility index (Phi) is 3.89. The van der Waals surface area contributed by atoms with Crippen molar-refractivity contribution in [3.05, 3.63) is 54.5 Å². The number of nitrogens with zero attached hydrogens (tertiary/aromatic N) is 4. The average molecular weight is 334 g/mol. The number of H-pyrrole nitrogens is 1. The molecular weight excluding hydrogens is 316 g/mol. The summed E-state index contributed by atoms with van der Waals surface area (Å²) in [6, 6.07) is 13.8. The van der Waals surface area contributed by atoms with Crippen LogP contribution < -0.4 is 10.2 Å². The van der Waals surface area contributed by atoms with Crippen LogP contribution in [0.2, 0.25) is 0 Å². The third-order valence-electron chi connectivity index (χ3n) is 4.26. The third kappa shape index (κ3) is 3.21. The summed E-state index contributed by atoms with van der Waals surface area (Å²) in [5.41, 5.74) is 2.85. The summed E-state index contributed by atoms with van der Waals surface area (Å²) >= 11 is 0. The molecule has 0 bridgehead atoms. The molecule has 1 fully saturated rings. The van der Waals surface area contributed by atoms with Crippen molar-refractivity contribution in [2.24, 2.45) is 5.92 Å². The average Bonchev–Trinajstić information content (AvgIpc) is 2.99. The maximum absolute atomic E-state index is 12.2. The molecule has 25 heavy (non-hydrogen) atoms. The van der Waals surface area contributed by atoms with Gasteiger partial charge in [0.2, 0.25) is 5.91 Å². The molecule has 1 saturated heterocycles. The largest absolute Gasteiger partial charge is 0.355 e. The molecule has 0 radical (unpaired) electrons. The van der Waals surface area contributed by atoms with Crippen LogP contribution in [0.1, 0.15) is 5.69 Å². The molecule has 2 aromatic heterocycles. The molecule has 3 aromatic rings. The summed E-state index contributed by atoms with van der Waals surface area (Å²) in [5.74, 6) is 1.33. The molecule has 3 heterocycles. The van der Waals surface area contributed by atoms with Gasteiger partial charge in [-0.05, 0) is 6.92 Å². The van der Waals surface area contributed by atoms with Crippen LogP contribution in [0, 0.1) is 12.8 Å². The van der Waals surface area contributed by atoms with Crippen molar-refractivity contribution >= 4 is 17.5 Å². The van der Waals surface area contributed by atoms with Gasteiger partial charge in [-0.3, -0.25) is 9.89 Å². The van der Waals surface area contributed by atoms with E-state index in [9.17, 15) is 4.79 Å². The number of hydrogen-bond acceptors (Lipinski definition) is 5. The zero-order valence-corrected chi connectivity index (χ0v) is 13.8. The number of carbonyl (C=O) groups excluding carboxylic acids is 1. The molecule has 1 amide bonds. The Morgan fingerprint density at radius 2 is 2.00 bits per heavy atom. The molecule has 4 rings (SSSR count). The van der Waals surface area contributed by atoms with Crippen molar-refractivity contribution in [2.75, 3.05) is 23.3 Å². The van der Waals surface area contributed by atoms with Crippen LogP contribution >= 0.6 is 0 Å². The predicted molar refractivity (Wildman–Crippen MR) is 95.1 cm³/mol. The van der Waals surface area contributed by atoms with Crippen LogP contribution in [0.25, 0.3) is 11.3 Å². The highest BCUT2D eigenvalue weighted by Crippen LogP contribution is 2.26. The summed E-state index contributed by atoms with van der Waals surface area (Å²) < 4.78 is 0. The third-order valence-corrected chi connectivity index (χ3v) is 4.26. The Bertz CT molecular complexity index is 885. The minimum Gasteiger partial charge on any atom is -0.355 e. The second kappa shape index (κ2) is 6.35. The minimum atomic E-state index is -0.0628. The van der Waals surface area contributed by atoms with E-state index >= 15 is 0 Å². The van der Waals surface area contributed by atoms with E-state index in [-0.39, 0.29) is 11.8 Å². The van der Waals surface area contributed by atoms with Gasteiger partial charge in [0.1, 0.15) is 12.1 Å². The highest BCUT2D eigenvalue weighted by molar-refractivity contribution is 5.93. The fourth-order valence-corrected chi connectivity index (χ4v) is 2.83. The number of benzene rings is 1. The van der Waals surface area contributed by atoms with E-state index in [1.165, 1.54) is 0 Å². The Labute approximate surface area is 145 Å². The van der Waals surface area contributed by atoms with Gasteiger partial charge in [-0.1, -0.05) is 30.3 Å². The first-order valence-electron chi connectivity index (χ1n) is 8.14. The standard InChI is InChI=1S/C18H18N6O/c1-12-7-16(23-22-12)21-18(25)14-9-24(10-14)17-8-15(19-11-20-17)13-5-3-2-4-6-13/h2-8,11,14H,9-10H2,1H3,(H2,21,22,23,25). The summed E-state index contributed by atoms with van der Waals surface area (Å²) in [7, 11) is 0. The highest BCUT2D eigenvalue weighted by Gasteiger charge is 2.34. The van der Waals surface area contributed by atoms with E-state index in [1.807, 2.05) is 49.4 Å². The summed E-state index contributed by atoms with van der Waals surface area (Å²) in [6.07, 6.45) is 1.57. The quantitative estimate of drug-likeness (QED) is 0.764. The lowest BCUT2D eigenvalue weighted by molar-refractivity contribution is -0.120. The lowest BCUT2D eigenvalue weighted by atomic mass is 9.99. The van der Waals surface area contributed by atoms with Gasteiger partial charge in [-0.15, -0.1) is 0 Å². The highest BCUT2D eigenvalue weighted by atomic mass is 16.2. The molecule has 1 aliphatic heterocycles. The molecule has 7 nitrogen and oxygen atoms in total.